The van der Waals surface area contributed by atoms with Gasteiger partial charge >= 0.3 is 0 Å². The molecular weight excluding hydrogens is 236 g/mol. The molecule has 1 heterocycles. The number of methoxy groups -OCH3 is 1. The van der Waals surface area contributed by atoms with Crippen LogP contribution in [0.4, 0.5) is 5.69 Å². The van der Waals surface area contributed by atoms with Crippen molar-refractivity contribution in [2.45, 2.75) is 32.9 Å². The van der Waals surface area contributed by atoms with E-state index in [4.69, 9.17) is 4.74 Å². The molecule has 1 N–H and O–H groups in total. The van der Waals surface area contributed by atoms with Crippen molar-refractivity contribution in [3.8, 4) is 0 Å². The molecule has 0 bridgehead atoms. The number of anilines is 1. The summed E-state index contributed by atoms with van der Waals surface area (Å²) in [4.78, 5) is 2.53. The summed E-state index contributed by atoms with van der Waals surface area (Å²) in [6.45, 7) is 8.82. The topological polar surface area (TPSA) is 24.5 Å². The number of benzene rings is 1. The Kier molecular flexibility index (Phi) is 5.23. The SMILES string of the molecule is CCN1CCC(Nc2ccccc2COC)C(C)C1. The van der Waals surface area contributed by atoms with Crippen LogP contribution in [0.25, 0.3) is 0 Å². The van der Waals surface area contributed by atoms with Crippen LogP contribution in [0.1, 0.15) is 25.8 Å². The number of ether oxygens (including phenoxy) is 1. The average Bonchev–Trinajstić information content (AvgIpc) is 2.43. The molecule has 0 radical (unpaired) electrons. The molecule has 19 heavy (non-hydrogen) atoms. The molecule has 0 saturated carbocycles. The van der Waals surface area contributed by atoms with Gasteiger partial charge in [-0.25, -0.2) is 0 Å². The predicted molar refractivity (Wildman–Crippen MR) is 80.5 cm³/mol. The molecule has 2 rings (SSSR count). The Morgan fingerprint density at radius 1 is 1.37 bits per heavy atom. The summed E-state index contributed by atoms with van der Waals surface area (Å²) < 4.78 is 5.27. The largest absolute Gasteiger partial charge is 0.382 e. The molecular formula is C16H26N2O. The van der Waals surface area contributed by atoms with Crippen molar-refractivity contribution >= 4 is 5.69 Å². The molecule has 3 heteroatoms. The van der Waals surface area contributed by atoms with Gasteiger partial charge in [0, 0.05) is 37.5 Å². The standard InChI is InChI=1S/C16H26N2O/c1-4-18-10-9-15(13(2)11-18)17-16-8-6-5-7-14(16)12-19-3/h5-8,13,15,17H,4,9-12H2,1-3H3. The van der Waals surface area contributed by atoms with Gasteiger partial charge < -0.3 is 15.0 Å². The Bertz CT molecular complexity index is 394. The maximum absolute atomic E-state index is 5.27. The van der Waals surface area contributed by atoms with E-state index in [1.54, 1.807) is 7.11 Å². The van der Waals surface area contributed by atoms with Crippen LogP contribution in [-0.2, 0) is 11.3 Å². The molecule has 2 atom stereocenters. The summed E-state index contributed by atoms with van der Waals surface area (Å²) in [5.74, 6) is 0.685. The number of rotatable bonds is 5. The van der Waals surface area contributed by atoms with Crippen molar-refractivity contribution in [3.05, 3.63) is 29.8 Å². The lowest BCUT2D eigenvalue weighted by Crippen LogP contribution is -2.45. The van der Waals surface area contributed by atoms with Crippen molar-refractivity contribution in [2.24, 2.45) is 5.92 Å². The molecule has 1 aliphatic rings. The summed E-state index contributed by atoms with van der Waals surface area (Å²) in [5, 5.41) is 3.72. The van der Waals surface area contributed by atoms with Gasteiger partial charge in [0.15, 0.2) is 0 Å². The minimum atomic E-state index is 0.570. The summed E-state index contributed by atoms with van der Waals surface area (Å²) >= 11 is 0. The van der Waals surface area contributed by atoms with Crippen molar-refractivity contribution in [3.63, 3.8) is 0 Å². The van der Waals surface area contributed by atoms with Crippen LogP contribution in [-0.4, -0.2) is 37.7 Å². The van der Waals surface area contributed by atoms with Crippen LogP contribution < -0.4 is 5.32 Å². The van der Waals surface area contributed by atoms with E-state index in [2.05, 4.69) is 48.3 Å². The molecule has 1 aromatic rings. The summed E-state index contributed by atoms with van der Waals surface area (Å²) in [7, 11) is 1.75. The summed E-state index contributed by atoms with van der Waals surface area (Å²) in [5.41, 5.74) is 2.47. The molecule has 106 valence electrons. The summed E-state index contributed by atoms with van der Waals surface area (Å²) in [6.07, 6.45) is 1.22. The minimum Gasteiger partial charge on any atom is -0.382 e. The first-order chi connectivity index (χ1) is 9.24. The van der Waals surface area contributed by atoms with Crippen molar-refractivity contribution < 1.29 is 4.74 Å². The molecule has 1 fully saturated rings. The van der Waals surface area contributed by atoms with Crippen LogP contribution >= 0.6 is 0 Å². The highest BCUT2D eigenvalue weighted by Gasteiger charge is 2.25. The lowest BCUT2D eigenvalue weighted by atomic mass is 9.93. The van der Waals surface area contributed by atoms with Crippen molar-refractivity contribution in [1.29, 1.82) is 0 Å². The summed E-state index contributed by atoms with van der Waals surface area (Å²) in [6, 6.07) is 9.03. The van der Waals surface area contributed by atoms with Gasteiger partial charge in [-0.05, 0) is 24.9 Å². The maximum Gasteiger partial charge on any atom is 0.0733 e. The van der Waals surface area contributed by atoms with Gasteiger partial charge in [-0.15, -0.1) is 0 Å². The fourth-order valence-electron chi connectivity index (χ4n) is 2.88. The first kappa shape index (κ1) is 14.4. The number of likely N-dealkylation sites (tertiary alicyclic amines) is 1. The second kappa shape index (κ2) is 6.92. The monoisotopic (exact) mass is 262 g/mol. The smallest absolute Gasteiger partial charge is 0.0733 e. The third-order valence-electron chi connectivity index (χ3n) is 4.09. The molecule has 0 spiro atoms. The number of nitrogens with zero attached hydrogens (tertiary/aromatic N) is 1. The number of para-hydroxylation sites is 1. The van der Waals surface area contributed by atoms with E-state index in [0.29, 0.717) is 18.6 Å². The van der Waals surface area contributed by atoms with E-state index in [1.165, 1.54) is 30.8 Å². The number of hydrogen-bond acceptors (Lipinski definition) is 3. The second-order valence-electron chi connectivity index (χ2n) is 5.50. The van der Waals surface area contributed by atoms with Crippen LogP contribution in [0.15, 0.2) is 24.3 Å². The fourth-order valence-corrected chi connectivity index (χ4v) is 2.88. The van der Waals surface area contributed by atoms with E-state index in [9.17, 15) is 0 Å². The maximum atomic E-state index is 5.27. The quantitative estimate of drug-likeness (QED) is 0.883. The van der Waals surface area contributed by atoms with E-state index in [-0.39, 0.29) is 0 Å². The van der Waals surface area contributed by atoms with Gasteiger partial charge in [0.05, 0.1) is 6.61 Å². The molecule has 2 unspecified atom stereocenters. The first-order valence-corrected chi connectivity index (χ1v) is 7.30. The minimum absolute atomic E-state index is 0.570. The lowest BCUT2D eigenvalue weighted by Gasteiger charge is -2.37. The Morgan fingerprint density at radius 2 is 2.16 bits per heavy atom. The van der Waals surface area contributed by atoms with E-state index < -0.39 is 0 Å². The van der Waals surface area contributed by atoms with Crippen molar-refractivity contribution in [2.75, 3.05) is 32.1 Å². The molecule has 0 amide bonds. The first-order valence-electron chi connectivity index (χ1n) is 7.30. The van der Waals surface area contributed by atoms with Crippen LogP contribution in [0.5, 0.6) is 0 Å². The van der Waals surface area contributed by atoms with Gasteiger partial charge in [0.25, 0.3) is 0 Å². The predicted octanol–water partition coefficient (Wildman–Crippen LogP) is 2.98. The third-order valence-corrected chi connectivity index (χ3v) is 4.09. The van der Waals surface area contributed by atoms with E-state index in [1.807, 2.05) is 0 Å². The van der Waals surface area contributed by atoms with Crippen molar-refractivity contribution in [1.82, 2.24) is 4.90 Å². The average molecular weight is 262 g/mol. The van der Waals surface area contributed by atoms with Crippen LogP contribution in [0.3, 0.4) is 0 Å². The van der Waals surface area contributed by atoms with Crippen LogP contribution in [0.2, 0.25) is 0 Å². The Hall–Kier alpha value is -1.06. The van der Waals surface area contributed by atoms with Gasteiger partial charge in [-0.1, -0.05) is 32.0 Å². The van der Waals surface area contributed by atoms with E-state index in [0.717, 1.165) is 6.54 Å². The number of nitrogens with one attached hydrogen (secondary N) is 1. The zero-order chi connectivity index (χ0) is 13.7. The Labute approximate surface area is 116 Å². The highest BCUT2D eigenvalue weighted by molar-refractivity contribution is 5.51. The lowest BCUT2D eigenvalue weighted by molar-refractivity contribution is 0.178. The molecule has 0 aliphatic carbocycles. The normalized spacial score (nSPS) is 24.4. The molecule has 1 saturated heterocycles. The van der Waals surface area contributed by atoms with Crippen LogP contribution in [0, 0.1) is 5.92 Å². The highest BCUT2D eigenvalue weighted by Crippen LogP contribution is 2.23. The molecule has 0 aromatic heterocycles. The van der Waals surface area contributed by atoms with E-state index >= 15 is 0 Å². The molecule has 3 nitrogen and oxygen atoms in total. The number of hydrogen-bond donors (Lipinski definition) is 1. The van der Waals surface area contributed by atoms with Gasteiger partial charge in [0.1, 0.15) is 0 Å². The van der Waals surface area contributed by atoms with Gasteiger partial charge in [-0.2, -0.15) is 0 Å². The number of piperidine rings is 1. The van der Waals surface area contributed by atoms with Gasteiger partial charge in [-0.3, -0.25) is 0 Å². The Morgan fingerprint density at radius 3 is 2.84 bits per heavy atom. The highest BCUT2D eigenvalue weighted by atomic mass is 16.5. The third kappa shape index (κ3) is 3.71. The fraction of sp³-hybridized carbons (Fsp3) is 0.625. The second-order valence-corrected chi connectivity index (χ2v) is 5.50. The Balaban J connectivity index is 2.01. The molecule has 1 aliphatic heterocycles. The zero-order valence-corrected chi connectivity index (χ0v) is 12.4. The molecule has 1 aromatic carbocycles. The zero-order valence-electron chi connectivity index (χ0n) is 12.4. The van der Waals surface area contributed by atoms with Gasteiger partial charge in [0.2, 0.25) is 0 Å².